The van der Waals surface area contributed by atoms with E-state index in [0.29, 0.717) is 0 Å². The second-order valence-corrected chi connectivity index (χ2v) is 2.58. The summed E-state index contributed by atoms with van der Waals surface area (Å²) in [6.07, 6.45) is 0. The molecule has 1 saturated carbocycles. The molecule has 15 heavy (non-hydrogen) atoms. The van der Waals surface area contributed by atoms with Crippen molar-refractivity contribution in [1.29, 1.82) is 21.0 Å². The summed E-state index contributed by atoms with van der Waals surface area (Å²) in [6, 6.07) is 6.80. The molecular formula is C10H3N4O. The molecule has 1 N–H and O–H groups in total. The SMILES string of the molecule is N#C[C]1[C](C#N)[C](C#N)[C](CO)[C]1C#N. The van der Waals surface area contributed by atoms with Crippen LogP contribution in [0.3, 0.4) is 0 Å². The molecule has 5 nitrogen and oxygen atoms in total. The first-order valence-corrected chi connectivity index (χ1v) is 3.81. The Morgan fingerprint density at radius 3 is 1.27 bits per heavy atom. The molecule has 0 bridgehead atoms. The molecule has 0 heterocycles. The van der Waals surface area contributed by atoms with Gasteiger partial charge in [0.15, 0.2) is 0 Å². The van der Waals surface area contributed by atoms with E-state index in [9.17, 15) is 0 Å². The summed E-state index contributed by atoms with van der Waals surface area (Å²) >= 11 is 0. The van der Waals surface area contributed by atoms with Crippen LogP contribution < -0.4 is 0 Å². The van der Waals surface area contributed by atoms with Gasteiger partial charge in [0.25, 0.3) is 0 Å². The molecule has 5 heteroatoms. The number of aliphatic hydroxyl groups excluding tert-OH is 1. The molecule has 0 spiro atoms. The minimum absolute atomic E-state index is 0.0492. The van der Waals surface area contributed by atoms with Crippen LogP contribution in [0.25, 0.3) is 0 Å². The number of aliphatic hydroxyl groups is 1. The van der Waals surface area contributed by atoms with Crippen LogP contribution in [-0.4, -0.2) is 11.7 Å². The van der Waals surface area contributed by atoms with Crippen molar-refractivity contribution in [1.82, 2.24) is 0 Å². The molecule has 1 fully saturated rings. The third-order valence-electron chi connectivity index (χ3n) is 1.96. The molecule has 0 saturated heterocycles. The van der Waals surface area contributed by atoms with Gasteiger partial charge in [0.2, 0.25) is 0 Å². The fourth-order valence-corrected chi connectivity index (χ4v) is 1.31. The largest absolute Gasteiger partial charge is 0.396 e. The predicted molar refractivity (Wildman–Crippen MR) is 45.8 cm³/mol. The molecule has 0 amide bonds. The highest BCUT2D eigenvalue weighted by molar-refractivity contribution is 5.77. The molecule has 5 radical (unpaired) electrons. The zero-order valence-corrected chi connectivity index (χ0v) is 7.44. The van der Waals surface area contributed by atoms with Gasteiger partial charge < -0.3 is 5.11 Å². The summed E-state index contributed by atoms with van der Waals surface area (Å²) < 4.78 is 0. The molecule has 0 unspecified atom stereocenters. The Labute approximate surface area is 87.4 Å². The highest BCUT2D eigenvalue weighted by atomic mass is 16.3. The Kier molecular flexibility index (Phi) is 3.25. The molecule has 1 aliphatic rings. The van der Waals surface area contributed by atoms with E-state index in [0.717, 1.165) is 0 Å². The zero-order chi connectivity index (χ0) is 11.4. The van der Waals surface area contributed by atoms with Crippen molar-refractivity contribution < 1.29 is 5.11 Å². The van der Waals surface area contributed by atoms with E-state index in [-0.39, 0.29) is 29.6 Å². The smallest absolute Gasteiger partial charge is 0.122 e. The van der Waals surface area contributed by atoms with Crippen molar-refractivity contribution in [3.8, 4) is 24.3 Å². The molecule has 0 atom stereocenters. The standard InChI is InChI=1S/C10H3N4O/c11-1-6-7(2-12)9(4-14)10(5-15)8(6)3-13/h15H,5H2. The minimum atomic E-state index is -0.540. The van der Waals surface area contributed by atoms with Crippen LogP contribution in [0.1, 0.15) is 0 Å². The van der Waals surface area contributed by atoms with Crippen molar-refractivity contribution in [3.63, 3.8) is 0 Å². The van der Waals surface area contributed by atoms with Crippen molar-refractivity contribution in [2.75, 3.05) is 6.61 Å². The van der Waals surface area contributed by atoms with Crippen LogP contribution in [0.2, 0.25) is 0 Å². The van der Waals surface area contributed by atoms with Crippen LogP contribution in [0, 0.1) is 74.9 Å². The average Bonchev–Trinajstić information content (AvgIpc) is 2.59. The van der Waals surface area contributed by atoms with Gasteiger partial charge in [-0.25, -0.2) is 0 Å². The third-order valence-corrected chi connectivity index (χ3v) is 1.96. The number of hydrogen-bond acceptors (Lipinski definition) is 5. The van der Waals surface area contributed by atoms with Gasteiger partial charge in [-0.15, -0.1) is 0 Å². The number of nitriles is 4. The monoisotopic (exact) mass is 195 g/mol. The second-order valence-electron chi connectivity index (χ2n) is 2.58. The zero-order valence-electron chi connectivity index (χ0n) is 7.44. The molecule has 0 aromatic carbocycles. The van der Waals surface area contributed by atoms with Crippen molar-refractivity contribution in [2.24, 2.45) is 0 Å². The van der Waals surface area contributed by atoms with Gasteiger partial charge in [0.1, 0.15) is 23.7 Å². The average molecular weight is 195 g/mol. The van der Waals surface area contributed by atoms with Gasteiger partial charge in [0, 0.05) is 5.92 Å². The molecule has 1 aliphatic carbocycles. The Morgan fingerprint density at radius 1 is 0.733 bits per heavy atom. The van der Waals surface area contributed by atoms with Gasteiger partial charge in [0.05, 0.1) is 30.9 Å². The number of hydrogen-bond donors (Lipinski definition) is 1. The van der Waals surface area contributed by atoms with Crippen LogP contribution in [0.4, 0.5) is 0 Å². The van der Waals surface area contributed by atoms with Crippen LogP contribution in [0.5, 0.6) is 0 Å². The molecular weight excluding hydrogens is 192 g/mol. The second kappa shape index (κ2) is 4.43. The van der Waals surface area contributed by atoms with E-state index >= 15 is 0 Å². The van der Waals surface area contributed by atoms with Crippen molar-refractivity contribution >= 4 is 0 Å². The van der Waals surface area contributed by atoms with Gasteiger partial charge in [-0.3, -0.25) is 0 Å². The first-order valence-electron chi connectivity index (χ1n) is 3.81. The Hall–Kier alpha value is -2.08. The summed E-state index contributed by atoms with van der Waals surface area (Å²) in [5.74, 6) is -0.407. The van der Waals surface area contributed by atoms with Gasteiger partial charge in [-0.05, 0) is 0 Å². The van der Waals surface area contributed by atoms with Crippen molar-refractivity contribution in [2.45, 2.75) is 0 Å². The fraction of sp³-hybridized carbons (Fsp3) is 0.100. The van der Waals surface area contributed by atoms with E-state index < -0.39 is 6.61 Å². The third kappa shape index (κ3) is 1.50. The van der Waals surface area contributed by atoms with E-state index in [4.69, 9.17) is 26.2 Å². The van der Waals surface area contributed by atoms with Crippen molar-refractivity contribution in [3.05, 3.63) is 29.6 Å². The molecule has 0 aromatic rings. The lowest BCUT2D eigenvalue weighted by Gasteiger charge is -2.09. The maximum atomic E-state index is 8.97. The van der Waals surface area contributed by atoms with Gasteiger partial charge >= 0.3 is 0 Å². The topological polar surface area (TPSA) is 115 Å². The molecule has 0 aromatic heterocycles. The Bertz CT molecular complexity index is 367. The summed E-state index contributed by atoms with van der Waals surface area (Å²) in [5.41, 5.74) is 0. The van der Waals surface area contributed by atoms with Gasteiger partial charge in [-0.1, -0.05) is 0 Å². The number of nitrogens with zero attached hydrogens (tertiary/aromatic N) is 4. The predicted octanol–water partition coefficient (Wildman–Crippen LogP) is -0.0409. The lowest BCUT2D eigenvalue weighted by molar-refractivity contribution is 0.314. The van der Waals surface area contributed by atoms with E-state index in [1.807, 2.05) is 0 Å². The van der Waals surface area contributed by atoms with E-state index in [1.54, 1.807) is 24.3 Å². The first-order chi connectivity index (χ1) is 7.24. The fourth-order valence-electron chi connectivity index (χ4n) is 1.31. The van der Waals surface area contributed by atoms with E-state index in [2.05, 4.69) is 0 Å². The van der Waals surface area contributed by atoms with Crippen LogP contribution in [-0.2, 0) is 0 Å². The minimum Gasteiger partial charge on any atom is -0.396 e. The van der Waals surface area contributed by atoms with Crippen LogP contribution in [0.15, 0.2) is 0 Å². The summed E-state index contributed by atoms with van der Waals surface area (Å²) in [6.45, 7) is -0.540. The lowest BCUT2D eigenvalue weighted by atomic mass is 9.89. The number of rotatable bonds is 1. The summed E-state index contributed by atoms with van der Waals surface area (Å²) in [7, 11) is 0. The maximum absolute atomic E-state index is 8.97. The molecule has 69 valence electrons. The van der Waals surface area contributed by atoms with E-state index in [1.165, 1.54) is 0 Å². The highest BCUT2D eigenvalue weighted by Crippen LogP contribution is 2.51. The Morgan fingerprint density at radius 2 is 1.07 bits per heavy atom. The maximum Gasteiger partial charge on any atom is 0.122 e. The molecule has 1 rings (SSSR count). The first kappa shape index (κ1) is 11.0. The summed E-state index contributed by atoms with van der Waals surface area (Å²) in [5, 5.41) is 44.0. The lowest BCUT2D eigenvalue weighted by Crippen LogP contribution is -2.13. The van der Waals surface area contributed by atoms with Gasteiger partial charge in [-0.2, -0.15) is 21.0 Å². The normalized spacial score (nSPS) is 20.3. The quantitative estimate of drug-likeness (QED) is 0.630. The molecule has 0 aliphatic heterocycles. The van der Waals surface area contributed by atoms with Crippen LogP contribution >= 0.6 is 0 Å². The Balaban J connectivity index is 3.14. The highest BCUT2D eigenvalue weighted by Gasteiger charge is 2.54. The summed E-state index contributed by atoms with van der Waals surface area (Å²) in [4.78, 5) is 0.